The third kappa shape index (κ3) is 3.05. The molecule has 0 spiro atoms. The lowest BCUT2D eigenvalue weighted by molar-refractivity contribution is 0.332. The molecule has 1 unspecified atom stereocenters. The van der Waals surface area contributed by atoms with Gasteiger partial charge in [-0.05, 0) is 50.7 Å². The number of nitrogens with two attached hydrogens (primary N) is 1. The van der Waals surface area contributed by atoms with Crippen molar-refractivity contribution in [2.24, 2.45) is 5.73 Å². The Morgan fingerprint density at radius 1 is 1.39 bits per heavy atom. The molecule has 0 radical (unpaired) electrons. The normalized spacial score (nSPS) is 22.0. The molecule has 0 amide bonds. The van der Waals surface area contributed by atoms with Crippen molar-refractivity contribution < 1.29 is 0 Å². The molecule has 1 saturated heterocycles. The Balaban J connectivity index is 2.25. The van der Waals surface area contributed by atoms with Crippen molar-refractivity contribution >= 4 is 21.6 Å². The number of anilines is 1. The van der Waals surface area contributed by atoms with Gasteiger partial charge in [0.2, 0.25) is 0 Å². The van der Waals surface area contributed by atoms with E-state index in [0.29, 0.717) is 12.6 Å². The van der Waals surface area contributed by atoms with Crippen LogP contribution in [0.5, 0.6) is 0 Å². The Kier molecular flexibility index (Phi) is 4.65. The van der Waals surface area contributed by atoms with Gasteiger partial charge in [-0.2, -0.15) is 0 Å². The minimum absolute atomic E-state index is 0.415. The Morgan fingerprint density at radius 2 is 2.17 bits per heavy atom. The molecule has 0 aromatic heterocycles. The van der Waals surface area contributed by atoms with Crippen molar-refractivity contribution in [3.05, 3.63) is 28.2 Å². The first kappa shape index (κ1) is 13.8. The van der Waals surface area contributed by atoms with E-state index in [0.717, 1.165) is 19.6 Å². The number of hydrogen-bond donors (Lipinski definition) is 1. The molecule has 1 heterocycles. The van der Waals surface area contributed by atoms with Crippen LogP contribution in [0, 0.1) is 6.92 Å². The molecule has 18 heavy (non-hydrogen) atoms. The average molecular weight is 312 g/mol. The van der Waals surface area contributed by atoms with Gasteiger partial charge in [-0.25, -0.2) is 0 Å². The second kappa shape index (κ2) is 6.04. The van der Waals surface area contributed by atoms with Gasteiger partial charge in [-0.15, -0.1) is 0 Å². The second-order valence-corrected chi connectivity index (χ2v) is 5.99. The fourth-order valence-corrected chi connectivity index (χ4v) is 2.84. The van der Waals surface area contributed by atoms with Crippen LogP contribution in [0.15, 0.2) is 22.7 Å². The molecule has 1 atom stereocenters. The third-order valence-corrected chi connectivity index (χ3v) is 4.54. The highest BCUT2D eigenvalue weighted by Crippen LogP contribution is 2.25. The summed E-state index contributed by atoms with van der Waals surface area (Å²) in [6, 6.07) is 6.98. The van der Waals surface area contributed by atoms with Gasteiger partial charge in [0.25, 0.3) is 0 Å². The van der Waals surface area contributed by atoms with E-state index >= 15 is 0 Å². The monoisotopic (exact) mass is 311 g/mol. The maximum absolute atomic E-state index is 5.95. The molecule has 0 bridgehead atoms. The Morgan fingerprint density at radius 3 is 2.83 bits per heavy atom. The van der Waals surface area contributed by atoms with Crippen molar-refractivity contribution in [2.75, 3.05) is 38.1 Å². The fourth-order valence-electron chi connectivity index (χ4n) is 2.59. The number of aryl methyl sites for hydroxylation is 1. The lowest BCUT2D eigenvalue weighted by Crippen LogP contribution is -2.45. The van der Waals surface area contributed by atoms with E-state index in [1.165, 1.54) is 22.1 Å². The summed E-state index contributed by atoms with van der Waals surface area (Å²) in [5.41, 5.74) is 8.52. The lowest BCUT2D eigenvalue weighted by atomic mass is 10.1. The minimum Gasteiger partial charge on any atom is -0.366 e. The van der Waals surface area contributed by atoms with Crippen LogP contribution in [0.4, 0.5) is 5.69 Å². The maximum atomic E-state index is 5.95. The van der Waals surface area contributed by atoms with Crippen LogP contribution in [-0.2, 0) is 0 Å². The van der Waals surface area contributed by atoms with Gasteiger partial charge in [0, 0.05) is 29.8 Å². The Labute approximate surface area is 118 Å². The highest BCUT2D eigenvalue weighted by Gasteiger charge is 2.22. The summed E-state index contributed by atoms with van der Waals surface area (Å²) in [4.78, 5) is 4.84. The van der Waals surface area contributed by atoms with Gasteiger partial charge >= 0.3 is 0 Å². The highest BCUT2D eigenvalue weighted by atomic mass is 79.9. The minimum atomic E-state index is 0.415. The summed E-state index contributed by atoms with van der Waals surface area (Å²) in [5, 5.41) is 0. The lowest BCUT2D eigenvalue weighted by Gasteiger charge is -2.32. The summed E-state index contributed by atoms with van der Waals surface area (Å²) < 4.78 is 1.17. The fraction of sp³-hybridized carbons (Fsp3) is 0.571. The van der Waals surface area contributed by atoms with Crippen LogP contribution in [-0.4, -0.2) is 44.2 Å². The summed E-state index contributed by atoms with van der Waals surface area (Å²) in [5.74, 6) is 0. The number of rotatable bonds is 2. The van der Waals surface area contributed by atoms with E-state index in [2.05, 4.69) is 57.9 Å². The van der Waals surface area contributed by atoms with E-state index < -0.39 is 0 Å². The third-order valence-electron chi connectivity index (χ3n) is 3.65. The van der Waals surface area contributed by atoms with Gasteiger partial charge in [-0.1, -0.05) is 15.9 Å². The topological polar surface area (TPSA) is 32.5 Å². The summed E-state index contributed by atoms with van der Waals surface area (Å²) in [7, 11) is 2.18. The van der Waals surface area contributed by atoms with Gasteiger partial charge in [0.05, 0.1) is 6.04 Å². The molecule has 0 saturated carbocycles. The SMILES string of the molecule is Cc1cc(N2CCCN(C)CC2CN)ccc1Br. The van der Waals surface area contributed by atoms with Gasteiger partial charge in [-0.3, -0.25) is 0 Å². The van der Waals surface area contributed by atoms with E-state index in [1.807, 2.05) is 0 Å². The zero-order valence-corrected chi connectivity index (χ0v) is 12.8. The number of nitrogens with zero attached hydrogens (tertiary/aromatic N) is 2. The van der Waals surface area contributed by atoms with Crippen molar-refractivity contribution in [3.8, 4) is 0 Å². The van der Waals surface area contributed by atoms with Gasteiger partial charge < -0.3 is 15.5 Å². The standard InChI is InChI=1S/C14H22BrN3/c1-11-8-12(4-5-14(11)15)18-7-3-6-17(2)10-13(18)9-16/h4-5,8,13H,3,6-7,9-10,16H2,1-2H3. The zero-order valence-electron chi connectivity index (χ0n) is 11.2. The Hall–Kier alpha value is -0.580. The first-order chi connectivity index (χ1) is 8.61. The predicted molar refractivity (Wildman–Crippen MR) is 81.2 cm³/mol. The molecule has 1 aromatic rings. The highest BCUT2D eigenvalue weighted by molar-refractivity contribution is 9.10. The van der Waals surface area contributed by atoms with E-state index in [4.69, 9.17) is 5.73 Å². The van der Waals surface area contributed by atoms with Crippen LogP contribution >= 0.6 is 15.9 Å². The summed E-state index contributed by atoms with van der Waals surface area (Å²) >= 11 is 3.56. The number of benzene rings is 1. The molecular weight excluding hydrogens is 290 g/mol. The van der Waals surface area contributed by atoms with E-state index in [9.17, 15) is 0 Å². The van der Waals surface area contributed by atoms with Crippen LogP contribution in [0.25, 0.3) is 0 Å². The molecule has 100 valence electrons. The maximum Gasteiger partial charge on any atom is 0.0539 e. The molecular formula is C14H22BrN3. The zero-order chi connectivity index (χ0) is 13.1. The average Bonchev–Trinajstić information content (AvgIpc) is 2.54. The summed E-state index contributed by atoms with van der Waals surface area (Å²) in [6.45, 7) is 6.13. The van der Waals surface area contributed by atoms with Crippen LogP contribution in [0.1, 0.15) is 12.0 Å². The predicted octanol–water partition coefficient (Wildman–Crippen LogP) is 2.23. The van der Waals surface area contributed by atoms with Crippen LogP contribution in [0.3, 0.4) is 0 Å². The summed E-state index contributed by atoms with van der Waals surface area (Å²) in [6.07, 6.45) is 1.20. The molecule has 1 aliphatic rings. The Bertz CT molecular complexity index is 408. The number of likely N-dealkylation sites (N-methyl/N-ethyl adjacent to an activating group) is 1. The van der Waals surface area contributed by atoms with Gasteiger partial charge in [0.1, 0.15) is 0 Å². The molecule has 2 rings (SSSR count). The number of halogens is 1. The van der Waals surface area contributed by atoms with E-state index in [1.54, 1.807) is 0 Å². The first-order valence-corrected chi connectivity index (χ1v) is 7.32. The quantitative estimate of drug-likeness (QED) is 0.909. The molecule has 1 aromatic carbocycles. The molecule has 2 N–H and O–H groups in total. The first-order valence-electron chi connectivity index (χ1n) is 6.53. The molecule has 1 aliphatic heterocycles. The van der Waals surface area contributed by atoms with Crippen molar-refractivity contribution in [1.82, 2.24) is 4.90 Å². The number of hydrogen-bond acceptors (Lipinski definition) is 3. The second-order valence-electron chi connectivity index (χ2n) is 5.13. The van der Waals surface area contributed by atoms with Crippen molar-refractivity contribution in [2.45, 2.75) is 19.4 Å². The van der Waals surface area contributed by atoms with Crippen LogP contribution < -0.4 is 10.6 Å². The molecule has 1 fully saturated rings. The molecule has 4 heteroatoms. The van der Waals surface area contributed by atoms with Gasteiger partial charge in [0.15, 0.2) is 0 Å². The largest absolute Gasteiger partial charge is 0.366 e. The molecule has 3 nitrogen and oxygen atoms in total. The van der Waals surface area contributed by atoms with Crippen molar-refractivity contribution in [1.29, 1.82) is 0 Å². The molecule has 0 aliphatic carbocycles. The van der Waals surface area contributed by atoms with Crippen LogP contribution in [0.2, 0.25) is 0 Å². The van der Waals surface area contributed by atoms with E-state index in [-0.39, 0.29) is 0 Å². The smallest absolute Gasteiger partial charge is 0.0539 e. The van der Waals surface area contributed by atoms with Crippen molar-refractivity contribution in [3.63, 3.8) is 0 Å².